The molecular weight excluding hydrogens is 833 g/mol. The quantitative estimate of drug-likeness (QED) is 0.0936. The molecule has 63 heavy (non-hydrogen) atoms. The molecule has 0 N–H and O–H groups in total. The second kappa shape index (κ2) is 18.7. The van der Waals surface area contributed by atoms with Gasteiger partial charge >= 0.3 is 0 Å². The zero-order valence-corrected chi connectivity index (χ0v) is 36.0. The number of hydrogen-bond acceptors (Lipinski definition) is 9. The number of rotatable bonds is 16. The van der Waals surface area contributed by atoms with Crippen LogP contribution in [0.1, 0.15) is 22.3 Å². The van der Waals surface area contributed by atoms with Crippen molar-refractivity contribution in [3.05, 3.63) is 216 Å². The highest BCUT2D eigenvalue weighted by Crippen LogP contribution is 2.31. The Labute approximate surface area is 367 Å². The molecule has 0 atom stereocenters. The minimum atomic E-state index is -3.78. The largest absolute Gasteiger partial charge is 0.497 e. The maximum absolute atomic E-state index is 13.5. The fraction of sp³-hybridized carbons (Fsp3) is 0.0769. The molecule has 0 aliphatic heterocycles. The molecule has 0 unspecified atom stereocenters. The second-order valence-electron chi connectivity index (χ2n) is 14.5. The van der Waals surface area contributed by atoms with Gasteiger partial charge in [-0.2, -0.15) is 0 Å². The molecule has 8 aromatic carbocycles. The minimum Gasteiger partial charge on any atom is -0.497 e. The van der Waals surface area contributed by atoms with Crippen LogP contribution in [0.3, 0.4) is 0 Å². The van der Waals surface area contributed by atoms with Gasteiger partial charge in [-0.05, 0) is 181 Å². The molecule has 0 saturated carbocycles. The van der Waals surface area contributed by atoms with E-state index in [4.69, 9.17) is 23.7 Å². The van der Waals surface area contributed by atoms with Gasteiger partial charge in [-0.1, -0.05) is 48.5 Å². The van der Waals surface area contributed by atoms with Gasteiger partial charge in [0.05, 0.1) is 33.8 Å². The summed E-state index contributed by atoms with van der Waals surface area (Å²) in [5.74, 6) is 4.83. The van der Waals surface area contributed by atoms with E-state index in [1.807, 2.05) is 97.1 Å². The Bertz CT molecular complexity index is 2990. The van der Waals surface area contributed by atoms with E-state index in [1.54, 1.807) is 67.8 Å². The zero-order valence-electron chi connectivity index (χ0n) is 34.4. The van der Waals surface area contributed by atoms with Gasteiger partial charge in [0.15, 0.2) is 0 Å². The Morgan fingerprint density at radius 3 is 0.651 bits per heavy atom. The first kappa shape index (κ1) is 42.4. The molecule has 316 valence electrons. The Balaban J connectivity index is 0.811. The summed E-state index contributed by atoms with van der Waals surface area (Å²) in [4.78, 5) is 0.655. The molecule has 0 aliphatic rings. The van der Waals surface area contributed by atoms with E-state index in [2.05, 4.69) is 0 Å². The van der Waals surface area contributed by atoms with E-state index in [9.17, 15) is 16.8 Å². The smallest absolute Gasteiger partial charge is 0.206 e. The zero-order chi connectivity index (χ0) is 43.8. The van der Waals surface area contributed by atoms with Crippen LogP contribution in [0.15, 0.2) is 214 Å². The lowest BCUT2D eigenvalue weighted by molar-refractivity contribution is 0.414. The molecule has 0 aliphatic carbocycles. The maximum Gasteiger partial charge on any atom is 0.206 e. The molecule has 0 saturated heterocycles. The third-order valence-electron chi connectivity index (χ3n) is 10.2. The van der Waals surface area contributed by atoms with Gasteiger partial charge < -0.3 is 23.7 Å². The number of ether oxygens (including phenoxy) is 5. The van der Waals surface area contributed by atoms with Gasteiger partial charge in [0.2, 0.25) is 19.7 Å². The number of benzene rings is 8. The third-order valence-corrected chi connectivity index (χ3v) is 13.8. The molecule has 0 amide bonds. The van der Waals surface area contributed by atoms with Gasteiger partial charge in [-0.3, -0.25) is 0 Å². The lowest BCUT2D eigenvalue weighted by Gasteiger charge is -2.10. The van der Waals surface area contributed by atoms with Crippen molar-refractivity contribution in [1.82, 2.24) is 0 Å². The Morgan fingerprint density at radius 1 is 0.270 bits per heavy atom. The average Bonchev–Trinajstić information content (AvgIpc) is 3.32. The fourth-order valence-corrected chi connectivity index (χ4v) is 9.26. The topological polar surface area (TPSA) is 114 Å². The van der Waals surface area contributed by atoms with Crippen LogP contribution >= 0.6 is 0 Å². The average molecular weight is 875 g/mol. The van der Waals surface area contributed by atoms with Crippen molar-refractivity contribution < 1.29 is 40.5 Å². The molecule has 0 bridgehead atoms. The van der Waals surface area contributed by atoms with Crippen molar-refractivity contribution in [3.8, 4) is 46.0 Å². The highest BCUT2D eigenvalue weighted by Gasteiger charge is 2.19. The van der Waals surface area contributed by atoms with Crippen LogP contribution in [0.4, 0.5) is 0 Å². The second-order valence-corrected chi connectivity index (χ2v) is 18.4. The van der Waals surface area contributed by atoms with Crippen molar-refractivity contribution in [2.45, 2.75) is 32.4 Å². The molecule has 0 spiro atoms. The van der Waals surface area contributed by atoms with Crippen LogP contribution in [-0.2, 0) is 32.5 Å². The molecule has 9 nitrogen and oxygen atoms in total. The van der Waals surface area contributed by atoms with E-state index in [0.29, 0.717) is 46.7 Å². The highest BCUT2D eigenvalue weighted by molar-refractivity contribution is 7.91. The van der Waals surface area contributed by atoms with Crippen molar-refractivity contribution >= 4 is 19.7 Å². The van der Waals surface area contributed by atoms with Gasteiger partial charge in [0, 0.05) is 0 Å². The summed E-state index contributed by atoms with van der Waals surface area (Å²) in [5.41, 5.74) is 4.45. The Kier molecular flexibility index (Phi) is 12.6. The molecule has 8 aromatic rings. The maximum atomic E-state index is 13.5. The lowest BCUT2D eigenvalue weighted by Crippen LogP contribution is -2.01. The van der Waals surface area contributed by atoms with Gasteiger partial charge in [0.1, 0.15) is 46.0 Å². The molecule has 0 heterocycles. The lowest BCUT2D eigenvalue weighted by atomic mass is 10.0. The van der Waals surface area contributed by atoms with Crippen LogP contribution in [0.5, 0.6) is 46.0 Å². The minimum absolute atomic E-state index is 0.150. The summed E-state index contributed by atoms with van der Waals surface area (Å²) in [7, 11) is -4.28. The highest BCUT2D eigenvalue weighted by atomic mass is 32.2. The summed E-state index contributed by atoms with van der Waals surface area (Å²) in [5, 5.41) is 0. The first-order chi connectivity index (χ1) is 30.5. The summed E-state index contributed by atoms with van der Waals surface area (Å²) in [6, 6.07) is 56.5. The first-order valence-corrected chi connectivity index (χ1v) is 22.9. The Morgan fingerprint density at radius 2 is 0.444 bits per heavy atom. The third kappa shape index (κ3) is 10.4. The number of methoxy groups -OCH3 is 2. The van der Waals surface area contributed by atoms with Crippen molar-refractivity contribution in [3.63, 3.8) is 0 Å². The van der Waals surface area contributed by atoms with Crippen LogP contribution < -0.4 is 23.7 Å². The van der Waals surface area contributed by atoms with E-state index >= 15 is 0 Å². The van der Waals surface area contributed by atoms with Crippen molar-refractivity contribution in [2.75, 3.05) is 14.2 Å². The normalized spacial score (nSPS) is 11.4. The van der Waals surface area contributed by atoms with Crippen LogP contribution in [0, 0.1) is 0 Å². The summed E-state index contributed by atoms with van der Waals surface area (Å²) in [6.07, 6.45) is 1.46. The summed E-state index contributed by atoms with van der Waals surface area (Å²) in [6.45, 7) is 0. The van der Waals surface area contributed by atoms with E-state index in [1.165, 1.54) is 49.1 Å². The molecule has 8 rings (SSSR count). The van der Waals surface area contributed by atoms with Gasteiger partial charge in [-0.25, -0.2) is 16.8 Å². The van der Waals surface area contributed by atoms with E-state index in [0.717, 1.165) is 28.9 Å². The Hall–Kier alpha value is -7.34. The van der Waals surface area contributed by atoms with Crippen molar-refractivity contribution in [2.24, 2.45) is 0 Å². The SMILES string of the molecule is COc1ccc(Cc2ccc(Oc3ccc(S(=O)(=O)c4ccc(Oc5ccc(Cc6ccc(Oc7ccc(S(=O)(=O)c8ccc(OC)cc8)cc7)cc6)cc5)cc4)cc3)cc2)cc1. The van der Waals surface area contributed by atoms with Crippen LogP contribution in [0.25, 0.3) is 0 Å². The monoisotopic (exact) mass is 874 g/mol. The predicted molar refractivity (Wildman–Crippen MR) is 241 cm³/mol. The summed E-state index contributed by atoms with van der Waals surface area (Å²) >= 11 is 0. The standard InChI is InChI=1S/C52H42O9S2/c1-57-41-11-3-37(4-12-41)35-38-5-13-43(14-6-38)59-47-23-31-51(32-24-47)63(55,56)52-33-25-48(26-34-52)61-45-17-9-40(10-18-45)36-39-7-15-44(16-8-39)60-46-21-29-50(30-22-46)62(53,54)49-27-19-42(58-2)20-28-49/h3-34H,35-36H2,1-2H3. The van der Waals surface area contributed by atoms with Gasteiger partial charge in [0.25, 0.3) is 0 Å². The molecular formula is C52H42O9S2. The van der Waals surface area contributed by atoms with E-state index in [-0.39, 0.29) is 19.6 Å². The fourth-order valence-electron chi connectivity index (χ4n) is 6.74. The van der Waals surface area contributed by atoms with Gasteiger partial charge in [-0.15, -0.1) is 0 Å². The number of sulfone groups is 2. The molecule has 0 aromatic heterocycles. The number of hydrogen-bond donors (Lipinski definition) is 0. The van der Waals surface area contributed by atoms with Crippen LogP contribution in [0.2, 0.25) is 0 Å². The van der Waals surface area contributed by atoms with E-state index < -0.39 is 19.7 Å². The first-order valence-electron chi connectivity index (χ1n) is 19.9. The van der Waals surface area contributed by atoms with Crippen molar-refractivity contribution in [1.29, 1.82) is 0 Å². The van der Waals surface area contributed by atoms with Crippen LogP contribution in [-0.4, -0.2) is 31.1 Å². The summed E-state index contributed by atoms with van der Waals surface area (Å²) < 4.78 is 81.4. The molecule has 0 fully saturated rings. The predicted octanol–water partition coefficient (Wildman–Crippen LogP) is 11.9. The molecule has 11 heteroatoms. The molecule has 0 radical (unpaired) electrons.